The predicted molar refractivity (Wildman–Crippen MR) is 67.9 cm³/mol. The van der Waals surface area contributed by atoms with Gasteiger partial charge < -0.3 is 9.40 Å². The van der Waals surface area contributed by atoms with Crippen LogP contribution in [-0.4, -0.2) is 9.97 Å². The number of benzene rings is 1. The van der Waals surface area contributed by atoms with Gasteiger partial charge in [0.05, 0.1) is 22.9 Å². The second kappa shape index (κ2) is 3.77. The van der Waals surface area contributed by atoms with E-state index in [0.717, 1.165) is 34.6 Å². The number of H-pyrrole nitrogens is 1. The topological polar surface area (TPSA) is 41.8 Å². The van der Waals surface area contributed by atoms with Crippen molar-refractivity contribution in [3.05, 3.63) is 41.9 Å². The average Bonchev–Trinajstić information content (AvgIpc) is 2.93. The van der Waals surface area contributed by atoms with Crippen molar-refractivity contribution in [2.45, 2.75) is 20.3 Å². The zero-order chi connectivity index (χ0) is 11.8. The molecule has 0 spiro atoms. The van der Waals surface area contributed by atoms with Gasteiger partial charge in [-0.25, -0.2) is 4.98 Å². The first-order valence-electron chi connectivity index (χ1n) is 5.81. The Morgan fingerprint density at radius 2 is 2.18 bits per heavy atom. The summed E-state index contributed by atoms with van der Waals surface area (Å²) < 4.78 is 5.30. The third-order valence-corrected chi connectivity index (χ3v) is 3.07. The van der Waals surface area contributed by atoms with Gasteiger partial charge in [-0.1, -0.05) is 13.0 Å². The number of nitrogens with zero attached hydrogens (tertiary/aromatic N) is 1. The van der Waals surface area contributed by atoms with Gasteiger partial charge in [0, 0.05) is 0 Å². The molecule has 0 amide bonds. The van der Waals surface area contributed by atoms with Gasteiger partial charge in [-0.3, -0.25) is 0 Å². The molecule has 0 fully saturated rings. The highest BCUT2D eigenvalue weighted by atomic mass is 16.3. The third kappa shape index (κ3) is 1.64. The summed E-state index contributed by atoms with van der Waals surface area (Å²) in [7, 11) is 0. The number of furan rings is 1. The van der Waals surface area contributed by atoms with Gasteiger partial charge in [0.2, 0.25) is 0 Å². The van der Waals surface area contributed by atoms with Crippen LogP contribution in [0.2, 0.25) is 0 Å². The number of nitrogens with one attached hydrogen (secondary N) is 1. The highest BCUT2D eigenvalue weighted by molar-refractivity contribution is 5.80. The number of imidazole rings is 1. The number of hydrogen-bond donors (Lipinski definition) is 1. The molecule has 3 heteroatoms. The van der Waals surface area contributed by atoms with E-state index in [2.05, 4.69) is 35.1 Å². The van der Waals surface area contributed by atoms with Gasteiger partial charge in [0.1, 0.15) is 11.6 Å². The van der Waals surface area contributed by atoms with Gasteiger partial charge in [-0.2, -0.15) is 0 Å². The van der Waals surface area contributed by atoms with Crippen LogP contribution in [0.4, 0.5) is 0 Å². The van der Waals surface area contributed by atoms with E-state index < -0.39 is 0 Å². The van der Waals surface area contributed by atoms with Crippen LogP contribution in [0.1, 0.15) is 18.2 Å². The van der Waals surface area contributed by atoms with E-state index in [-0.39, 0.29) is 0 Å². The molecule has 3 nitrogen and oxygen atoms in total. The summed E-state index contributed by atoms with van der Waals surface area (Å²) in [6.07, 6.45) is 2.73. The Balaban J connectivity index is 2.17. The van der Waals surface area contributed by atoms with E-state index in [1.807, 2.05) is 13.0 Å². The lowest BCUT2D eigenvalue weighted by molar-refractivity contribution is 0.535. The lowest BCUT2D eigenvalue weighted by Gasteiger charge is -1.94. The van der Waals surface area contributed by atoms with Crippen molar-refractivity contribution in [1.29, 1.82) is 0 Å². The highest BCUT2D eigenvalue weighted by Gasteiger charge is 2.09. The molecule has 0 atom stereocenters. The van der Waals surface area contributed by atoms with E-state index in [9.17, 15) is 0 Å². The summed E-state index contributed by atoms with van der Waals surface area (Å²) in [4.78, 5) is 7.92. The quantitative estimate of drug-likeness (QED) is 0.724. The molecule has 1 N–H and O–H groups in total. The Hall–Kier alpha value is -2.03. The first-order chi connectivity index (χ1) is 8.28. The Labute approximate surface area is 99.5 Å². The van der Waals surface area contributed by atoms with Crippen LogP contribution in [-0.2, 0) is 6.42 Å². The fourth-order valence-corrected chi connectivity index (χ4v) is 2.03. The summed E-state index contributed by atoms with van der Waals surface area (Å²) in [5.41, 5.74) is 4.42. The van der Waals surface area contributed by atoms with Crippen LogP contribution in [0.15, 0.2) is 34.9 Å². The molecule has 17 heavy (non-hydrogen) atoms. The Kier molecular flexibility index (Phi) is 2.25. The molecule has 0 bridgehead atoms. The van der Waals surface area contributed by atoms with Crippen molar-refractivity contribution >= 4 is 11.0 Å². The molecule has 0 aliphatic carbocycles. The minimum atomic E-state index is 0.875. The molecule has 2 heterocycles. The number of aromatic amines is 1. The average molecular weight is 226 g/mol. The van der Waals surface area contributed by atoms with Crippen LogP contribution in [0.5, 0.6) is 0 Å². The molecule has 3 aromatic rings. The number of aromatic nitrogens is 2. The molecule has 1 aromatic carbocycles. The Morgan fingerprint density at radius 3 is 2.88 bits per heavy atom. The Morgan fingerprint density at radius 1 is 1.29 bits per heavy atom. The number of fused-ring (bicyclic) bond motifs is 1. The van der Waals surface area contributed by atoms with Crippen LogP contribution in [0.25, 0.3) is 22.4 Å². The van der Waals surface area contributed by atoms with E-state index >= 15 is 0 Å². The van der Waals surface area contributed by atoms with Crippen molar-refractivity contribution in [2.75, 3.05) is 0 Å². The van der Waals surface area contributed by atoms with Crippen LogP contribution >= 0.6 is 0 Å². The molecule has 0 aliphatic heterocycles. The first kappa shape index (κ1) is 10.1. The maximum Gasteiger partial charge on any atom is 0.142 e. The van der Waals surface area contributed by atoms with Gasteiger partial charge in [0.15, 0.2) is 0 Å². The number of hydrogen-bond acceptors (Lipinski definition) is 2. The molecule has 0 saturated carbocycles. The second-order valence-electron chi connectivity index (χ2n) is 4.18. The molecule has 0 unspecified atom stereocenters. The molecule has 2 aromatic heterocycles. The van der Waals surface area contributed by atoms with Crippen molar-refractivity contribution in [2.24, 2.45) is 0 Å². The van der Waals surface area contributed by atoms with E-state index in [4.69, 9.17) is 4.42 Å². The number of aryl methyl sites for hydroxylation is 2. The fourth-order valence-electron chi connectivity index (χ4n) is 2.03. The zero-order valence-electron chi connectivity index (χ0n) is 9.95. The molecular weight excluding hydrogens is 212 g/mol. The normalized spacial score (nSPS) is 11.2. The number of rotatable bonds is 2. The maximum absolute atomic E-state index is 5.30. The van der Waals surface area contributed by atoms with Crippen molar-refractivity contribution < 1.29 is 4.42 Å². The summed E-state index contributed by atoms with van der Waals surface area (Å²) >= 11 is 0. The predicted octanol–water partition coefficient (Wildman–Crippen LogP) is 3.69. The lowest BCUT2D eigenvalue weighted by atomic mass is 10.1. The molecule has 0 aliphatic rings. The fraction of sp³-hybridized carbons (Fsp3) is 0.214. The van der Waals surface area contributed by atoms with Crippen LogP contribution in [0.3, 0.4) is 0 Å². The summed E-state index contributed by atoms with van der Waals surface area (Å²) in [6.45, 7) is 4.10. The SMILES string of the molecule is CCc1ccc2nc(-c3ccoc3C)[nH]c2c1. The second-order valence-corrected chi connectivity index (χ2v) is 4.18. The van der Waals surface area contributed by atoms with Crippen molar-refractivity contribution in [3.8, 4) is 11.4 Å². The van der Waals surface area contributed by atoms with Gasteiger partial charge >= 0.3 is 0 Å². The van der Waals surface area contributed by atoms with E-state index in [1.54, 1.807) is 6.26 Å². The van der Waals surface area contributed by atoms with Crippen molar-refractivity contribution in [1.82, 2.24) is 9.97 Å². The van der Waals surface area contributed by atoms with Gasteiger partial charge in [-0.15, -0.1) is 0 Å². The minimum absolute atomic E-state index is 0.875. The summed E-state index contributed by atoms with van der Waals surface area (Å²) in [6, 6.07) is 8.27. The largest absolute Gasteiger partial charge is 0.469 e. The smallest absolute Gasteiger partial charge is 0.142 e. The zero-order valence-corrected chi connectivity index (χ0v) is 9.95. The Bertz CT molecular complexity index is 664. The monoisotopic (exact) mass is 226 g/mol. The maximum atomic E-state index is 5.30. The van der Waals surface area contributed by atoms with E-state index in [1.165, 1.54) is 5.56 Å². The van der Waals surface area contributed by atoms with E-state index in [0.29, 0.717) is 0 Å². The van der Waals surface area contributed by atoms with Crippen molar-refractivity contribution in [3.63, 3.8) is 0 Å². The molecule has 0 saturated heterocycles. The first-order valence-corrected chi connectivity index (χ1v) is 5.81. The standard InChI is InChI=1S/C14H14N2O/c1-3-10-4-5-12-13(8-10)16-14(15-12)11-6-7-17-9(11)2/h4-8H,3H2,1-2H3,(H,15,16). The summed E-state index contributed by atoms with van der Waals surface area (Å²) in [5.74, 6) is 1.76. The van der Waals surface area contributed by atoms with Crippen LogP contribution < -0.4 is 0 Å². The highest BCUT2D eigenvalue weighted by Crippen LogP contribution is 2.24. The van der Waals surface area contributed by atoms with Crippen LogP contribution in [0, 0.1) is 6.92 Å². The molecule has 3 rings (SSSR count). The molecular formula is C14H14N2O. The minimum Gasteiger partial charge on any atom is -0.469 e. The third-order valence-electron chi connectivity index (χ3n) is 3.07. The molecule has 86 valence electrons. The lowest BCUT2D eigenvalue weighted by Crippen LogP contribution is -1.79. The van der Waals surface area contributed by atoms with Gasteiger partial charge in [-0.05, 0) is 37.1 Å². The molecule has 0 radical (unpaired) electrons. The summed E-state index contributed by atoms with van der Waals surface area (Å²) in [5, 5.41) is 0. The van der Waals surface area contributed by atoms with Gasteiger partial charge in [0.25, 0.3) is 0 Å².